The van der Waals surface area contributed by atoms with Crippen molar-refractivity contribution in [2.75, 3.05) is 0 Å². The van der Waals surface area contributed by atoms with Gasteiger partial charge in [0, 0.05) is 0 Å². The maximum absolute atomic E-state index is 3.77. The first-order valence-electron chi connectivity index (χ1n) is 8.24. The zero-order valence-electron chi connectivity index (χ0n) is 14.8. The molecule has 0 nitrogen and oxygen atoms in total. The van der Waals surface area contributed by atoms with E-state index in [1.807, 2.05) is 6.08 Å². The number of hydrogen-bond acceptors (Lipinski definition) is 0. The summed E-state index contributed by atoms with van der Waals surface area (Å²) in [6, 6.07) is 8.82. The lowest BCUT2D eigenvalue weighted by Crippen LogP contribution is -1.89. The standard InChI is InChI=1S/C11H16.C11H14/c1-4-10(3)11-7-5-9(2)6-8-11;1-4-11-8-9(2)6-5-7-10(11)3/h5-8,10H,4H2,1-3H3;4-9H,1H2,2-3H3. The Morgan fingerprint density at radius 3 is 2.36 bits per heavy atom. The van der Waals surface area contributed by atoms with Crippen molar-refractivity contribution < 1.29 is 0 Å². The molecule has 1 aromatic rings. The van der Waals surface area contributed by atoms with E-state index in [1.165, 1.54) is 28.7 Å². The van der Waals surface area contributed by atoms with Gasteiger partial charge in [0.05, 0.1) is 0 Å². The molecule has 118 valence electrons. The second-order valence-corrected chi connectivity index (χ2v) is 6.14. The minimum atomic E-state index is 0.525. The summed E-state index contributed by atoms with van der Waals surface area (Å²) >= 11 is 0. The first kappa shape index (κ1) is 18.2. The number of benzene rings is 1. The average Bonchev–Trinajstić information content (AvgIpc) is 2.68. The van der Waals surface area contributed by atoms with Crippen molar-refractivity contribution in [3.8, 4) is 0 Å². The van der Waals surface area contributed by atoms with Gasteiger partial charge >= 0.3 is 0 Å². The summed E-state index contributed by atoms with van der Waals surface area (Å²) in [5.74, 6) is 1.23. The molecule has 2 atom stereocenters. The van der Waals surface area contributed by atoms with Gasteiger partial charge in [-0.2, -0.15) is 0 Å². The van der Waals surface area contributed by atoms with E-state index in [4.69, 9.17) is 0 Å². The Bertz CT molecular complexity index is 552. The van der Waals surface area contributed by atoms with Gasteiger partial charge < -0.3 is 0 Å². The monoisotopic (exact) mass is 294 g/mol. The van der Waals surface area contributed by atoms with Crippen LogP contribution in [-0.2, 0) is 0 Å². The largest absolute Gasteiger partial charge is 0.0985 e. The van der Waals surface area contributed by atoms with Crippen molar-refractivity contribution in [3.05, 3.63) is 83.5 Å². The molecule has 1 aliphatic carbocycles. The lowest BCUT2D eigenvalue weighted by Gasteiger charge is -2.07. The molecule has 0 saturated carbocycles. The lowest BCUT2D eigenvalue weighted by molar-refractivity contribution is 0.733. The van der Waals surface area contributed by atoms with Crippen LogP contribution in [-0.4, -0.2) is 0 Å². The van der Waals surface area contributed by atoms with Crippen molar-refractivity contribution in [1.82, 2.24) is 0 Å². The van der Waals surface area contributed by atoms with Gasteiger partial charge in [-0.1, -0.05) is 87.6 Å². The molecule has 0 heteroatoms. The van der Waals surface area contributed by atoms with Crippen LogP contribution >= 0.6 is 0 Å². The van der Waals surface area contributed by atoms with Crippen LogP contribution in [0, 0.1) is 12.8 Å². The van der Waals surface area contributed by atoms with E-state index in [0.717, 1.165) is 0 Å². The molecule has 0 amide bonds. The molecular formula is C22H30. The highest BCUT2D eigenvalue weighted by Crippen LogP contribution is 2.18. The van der Waals surface area contributed by atoms with Crippen LogP contribution in [0.1, 0.15) is 51.2 Å². The molecule has 2 unspecified atom stereocenters. The fraction of sp³-hybridized carbons (Fsp3) is 0.364. The first-order chi connectivity index (χ1) is 10.5. The van der Waals surface area contributed by atoms with Gasteiger partial charge in [-0.05, 0) is 48.8 Å². The number of rotatable bonds is 3. The molecule has 0 saturated heterocycles. The minimum Gasteiger partial charge on any atom is -0.0985 e. The van der Waals surface area contributed by atoms with E-state index in [-0.39, 0.29) is 0 Å². The summed E-state index contributed by atoms with van der Waals surface area (Å²) < 4.78 is 0. The second kappa shape index (κ2) is 9.25. The van der Waals surface area contributed by atoms with E-state index in [1.54, 1.807) is 0 Å². The molecular weight excluding hydrogens is 264 g/mol. The van der Waals surface area contributed by atoms with Crippen molar-refractivity contribution in [3.63, 3.8) is 0 Å². The third-order valence-corrected chi connectivity index (χ3v) is 4.14. The van der Waals surface area contributed by atoms with Crippen LogP contribution in [0.2, 0.25) is 0 Å². The van der Waals surface area contributed by atoms with E-state index in [2.05, 4.69) is 89.8 Å². The summed E-state index contributed by atoms with van der Waals surface area (Å²) in [6.45, 7) is 14.7. The maximum atomic E-state index is 3.77. The SMILES string of the molecule is C=CC1=CC(C)C=CC=C1C.CCC(C)c1ccc(C)cc1. The van der Waals surface area contributed by atoms with Crippen molar-refractivity contribution in [1.29, 1.82) is 0 Å². The Balaban J connectivity index is 0.000000220. The normalized spacial score (nSPS) is 18.3. The topological polar surface area (TPSA) is 0 Å². The van der Waals surface area contributed by atoms with Crippen molar-refractivity contribution in [2.24, 2.45) is 5.92 Å². The first-order valence-corrected chi connectivity index (χ1v) is 8.24. The molecule has 0 fully saturated rings. The summed E-state index contributed by atoms with van der Waals surface area (Å²) in [5.41, 5.74) is 5.35. The van der Waals surface area contributed by atoms with Crippen LogP contribution in [0.15, 0.2) is 72.4 Å². The van der Waals surface area contributed by atoms with Gasteiger partial charge in [-0.15, -0.1) is 0 Å². The Kier molecular flexibility index (Phi) is 7.66. The molecule has 0 heterocycles. The zero-order chi connectivity index (χ0) is 16.5. The Morgan fingerprint density at radius 2 is 1.82 bits per heavy atom. The van der Waals surface area contributed by atoms with Crippen LogP contribution in [0.3, 0.4) is 0 Å². The maximum Gasteiger partial charge on any atom is -0.00697 e. The van der Waals surface area contributed by atoms with E-state index in [9.17, 15) is 0 Å². The summed E-state index contributed by atoms with van der Waals surface area (Å²) in [6.07, 6.45) is 11.8. The number of aryl methyl sites for hydroxylation is 1. The predicted octanol–water partition coefficient (Wildman–Crippen LogP) is 6.76. The highest BCUT2D eigenvalue weighted by atomic mass is 14.1. The fourth-order valence-electron chi connectivity index (χ4n) is 2.30. The van der Waals surface area contributed by atoms with Crippen LogP contribution in [0.25, 0.3) is 0 Å². The molecule has 22 heavy (non-hydrogen) atoms. The van der Waals surface area contributed by atoms with E-state index >= 15 is 0 Å². The second-order valence-electron chi connectivity index (χ2n) is 6.14. The van der Waals surface area contributed by atoms with Crippen molar-refractivity contribution in [2.45, 2.75) is 47.0 Å². The molecule has 0 radical (unpaired) electrons. The highest BCUT2D eigenvalue weighted by Gasteiger charge is 2.01. The molecule has 0 N–H and O–H groups in total. The molecule has 0 aromatic heterocycles. The number of allylic oxidation sites excluding steroid dienone is 7. The molecule has 0 aliphatic heterocycles. The highest BCUT2D eigenvalue weighted by molar-refractivity contribution is 5.42. The van der Waals surface area contributed by atoms with Crippen LogP contribution < -0.4 is 0 Å². The van der Waals surface area contributed by atoms with Gasteiger partial charge in [-0.25, -0.2) is 0 Å². The summed E-state index contributed by atoms with van der Waals surface area (Å²) in [7, 11) is 0. The van der Waals surface area contributed by atoms with E-state index < -0.39 is 0 Å². The fourth-order valence-corrected chi connectivity index (χ4v) is 2.30. The molecule has 0 spiro atoms. The number of hydrogen-bond donors (Lipinski definition) is 0. The predicted molar refractivity (Wildman–Crippen MR) is 100 cm³/mol. The quantitative estimate of drug-likeness (QED) is 0.577. The van der Waals surface area contributed by atoms with E-state index in [0.29, 0.717) is 11.8 Å². The third kappa shape index (κ3) is 5.89. The smallest absolute Gasteiger partial charge is 0.00697 e. The zero-order valence-corrected chi connectivity index (χ0v) is 14.8. The Morgan fingerprint density at radius 1 is 1.18 bits per heavy atom. The van der Waals surface area contributed by atoms with Gasteiger partial charge in [0.15, 0.2) is 0 Å². The summed E-state index contributed by atoms with van der Waals surface area (Å²) in [5, 5.41) is 0. The minimum absolute atomic E-state index is 0.525. The molecule has 1 aromatic carbocycles. The van der Waals surface area contributed by atoms with Gasteiger partial charge in [0.2, 0.25) is 0 Å². The Hall–Kier alpha value is -1.82. The lowest BCUT2D eigenvalue weighted by atomic mass is 9.98. The third-order valence-electron chi connectivity index (χ3n) is 4.14. The average molecular weight is 294 g/mol. The van der Waals surface area contributed by atoms with Crippen LogP contribution in [0.5, 0.6) is 0 Å². The van der Waals surface area contributed by atoms with Crippen molar-refractivity contribution >= 4 is 0 Å². The van der Waals surface area contributed by atoms with Gasteiger partial charge in [0.25, 0.3) is 0 Å². The van der Waals surface area contributed by atoms with Crippen LogP contribution in [0.4, 0.5) is 0 Å². The molecule has 1 aliphatic rings. The Labute approximate surface area is 137 Å². The molecule has 2 rings (SSSR count). The van der Waals surface area contributed by atoms with Gasteiger partial charge in [0.1, 0.15) is 0 Å². The van der Waals surface area contributed by atoms with Gasteiger partial charge in [-0.3, -0.25) is 0 Å². The molecule has 0 bridgehead atoms. The summed E-state index contributed by atoms with van der Waals surface area (Å²) in [4.78, 5) is 0.